The molecule has 0 radical (unpaired) electrons. The zero-order chi connectivity index (χ0) is 14.5. The van der Waals surface area contributed by atoms with Crippen molar-refractivity contribution in [3.8, 4) is 0 Å². The zero-order valence-electron chi connectivity index (χ0n) is 12.4. The minimum absolute atomic E-state index is 0.0577. The highest BCUT2D eigenvalue weighted by atomic mass is 16.2. The molecule has 20 heavy (non-hydrogen) atoms. The minimum Gasteiger partial charge on any atom is -0.370 e. The number of amides is 1. The van der Waals surface area contributed by atoms with Gasteiger partial charge in [0.1, 0.15) is 24.0 Å². The van der Waals surface area contributed by atoms with Gasteiger partial charge in [0, 0.05) is 25.2 Å². The number of nitrogens with zero attached hydrogens (tertiary/aromatic N) is 3. The summed E-state index contributed by atoms with van der Waals surface area (Å²) in [6.07, 6.45) is 3.50. The quantitative estimate of drug-likeness (QED) is 0.846. The third-order valence-corrected chi connectivity index (χ3v) is 3.54. The molecule has 0 spiro atoms. The molecule has 1 amide bonds. The summed E-state index contributed by atoms with van der Waals surface area (Å²) in [7, 11) is 0. The number of piperazine rings is 1. The minimum atomic E-state index is -0.191. The van der Waals surface area contributed by atoms with E-state index >= 15 is 0 Å². The predicted molar refractivity (Wildman–Crippen MR) is 80.0 cm³/mol. The van der Waals surface area contributed by atoms with Gasteiger partial charge in [-0.25, -0.2) is 9.97 Å². The fraction of sp³-hybridized carbons (Fsp3) is 0.643. The number of anilines is 2. The van der Waals surface area contributed by atoms with Crippen molar-refractivity contribution in [2.75, 3.05) is 29.9 Å². The second-order valence-corrected chi connectivity index (χ2v) is 4.97. The molecule has 1 aliphatic heterocycles. The Morgan fingerprint density at radius 1 is 1.45 bits per heavy atom. The summed E-state index contributed by atoms with van der Waals surface area (Å²) in [6, 6.07) is -0.191. The first-order chi connectivity index (χ1) is 9.69. The predicted octanol–water partition coefficient (Wildman–Crippen LogP) is 1.19. The number of nitrogens with one attached hydrogen (secondary N) is 2. The largest absolute Gasteiger partial charge is 0.370 e. The Morgan fingerprint density at radius 2 is 2.25 bits per heavy atom. The van der Waals surface area contributed by atoms with Crippen LogP contribution in [0, 0.1) is 0 Å². The lowest BCUT2D eigenvalue weighted by Gasteiger charge is -2.35. The maximum Gasteiger partial charge on any atom is 0.242 e. The molecule has 1 fully saturated rings. The Labute approximate surface area is 120 Å². The Balaban J connectivity index is 2.38. The summed E-state index contributed by atoms with van der Waals surface area (Å²) in [6.45, 7) is 8.37. The molecule has 6 nitrogen and oxygen atoms in total. The summed E-state index contributed by atoms with van der Waals surface area (Å²) >= 11 is 0. The molecule has 0 aliphatic carbocycles. The van der Waals surface area contributed by atoms with Gasteiger partial charge in [-0.2, -0.15) is 0 Å². The second-order valence-electron chi connectivity index (χ2n) is 4.97. The van der Waals surface area contributed by atoms with Gasteiger partial charge in [0.2, 0.25) is 5.91 Å². The van der Waals surface area contributed by atoms with Gasteiger partial charge in [-0.05, 0) is 20.3 Å². The van der Waals surface area contributed by atoms with E-state index in [-0.39, 0.29) is 11.9 Å². The number of rotatable bonds is 5. The fourth-order valence-electron chi connectivity index (χ4n) is 2.52. The van der Waals surface area contributed by atoms with Crippen LogP contribution in [0.5, 0.6) is 0 Å². The first-order valence-corrected chi connectivity index (χ1v) is 7.31. The van der Waals surface area contributed by atoms with E-state index in [1.54, 1.807) is 6.33 Å². The van der Waals surface area contributed by atoms with Crippen molar-refractivity contribution < 1.29 is 4.79 Å². The molecule has 1 atom stereocenters. The zero-order valence-corrected chi connectivity index (χ0v) is 12.4. The lowest BCUT2D eigenvalue weighted by atomic mass is 10.1. The molecular formula is C14H23N5O. The van der Waals surface area contributed by atoms with Crippen molar-refractivity contribution in [2.45, 2.75) is 39.7 Å². The molecule has 1 aromatic heterocycles. The van der Waals surface area contributed by atoms with Gasteiger partial charge in [0.25, 0.3) is 0 Å². The van der Waals surface area contributed by atoms with Crippen LogP contribution in [-0.2, 0) is 11.2 Å². The van der Waals surface area contributed by atoms with Crippen LogP contribution in [0.15, 0.2) is 6.33 Å². The Morgan fingerprint density at radius 3 is 2.95 bits per heavy atom. The first-order valence-electron chi connectivity index (χ1n) is 7.31. The van der Waals surface area contributed by atoms with Crippen LogP contribution in [0.4, 0.5) is 11.6 Å². The molecule has 1 unspecified atom stereocenters. The van der Waals surface area contributed by atoms with Crippen LogP contribution < -0.4 is 15.5 Å². The van der Waals surface area contributed by atoms with Crippen LogP contribution >= 0.6 is 0 Å². The molecule has 1 aromatic rings. The summed E-state index contributed by atoms with van der Waals surface area (Å²) in [5.41, 5.74) is 1.11. The van der Waals surface area contributed by atoms with E-state index in [4.69, 9.17) is 0 Å². The highest BCUT2D eigenvalue weighted by Gasteiger charge is 2.28. The molecule has 6 heteroatoms. The Kier molecular flexibility index (Phi) is 4.76. The highest BCUT2D eigenvalue weighted by Crippen LogP contribution is 2.27. The van der Waals surface area contributed by atoms with Crippen molar-refractivity contribution in [3.63, 3.8) is 0 Å². The smallest absolute Gasteiger partial charge is 0.242 e. The molecule has 110 valence electrons. The molecule has 0 bridgehead atoms. The van der Waals surface area contributed by atoms with E-state index in [2.05, 4.69) is 39.3 Å². The standard InChI is InChI=1S/C14H23N5O/c1-4-6-11-12(15-5-2)17-9-18-13(11)19-8-7-16-14(20)10(19)3/h9-10H,4-8H2,1-3H3,(H,16,20)(H,15,17,18). The number of hydrogen-bond acceptors (Lipinski definition) is 5. The number of hydrogen-bond donors (Lipinski definition) is 2. The molecule has 1 saturated heterocycles. The van der Waals surface area contributed by atoms with E-state index in [0.717, 1.165) is 43.1 Å². The van der Waals surface area contributed by atoms with Crippen molar-refractivity contribution in [1.82, 2.24) is 15.3 Å². The maximum atomic E-state index is 11.8. The van der Waals surface area contributed by atoms with Crippen LogP contribution in [0.1, 0.15) is 32.8 Å². The normalized spacial score (nSPS) is 18.9. The lowest BCUT2D eigenvalue weighted by molar-refractivity contribution is -0.122. The van der Waals surface area contributed by atoms with Gasteiger partial charge >= 0.3 is 0 Å². The average molecular weight is 277 g/mol. The van der Waals surface area contributed by atoms with Gasteiger partial charge in [0.05, 0.1) is 0 Å². The van der Waals surface area contributed by atoms with Gasteiger partial charge in [-0.3, -0.25) is 4.79 Å². The number of carbonyl (C=O) groups is 1. The van der Waals surface area contributed by atoms with E-state index in [0.29, 0.717) is 6.54 Å². The molecule has 2 heterocycles. The molecule has 2 N–H and O–H groups in total. The van der Waals surface area contributed by atoms with Crippen LogP contribution in [0.2, 0.25) is 0 Å². The highest BCUT2D eigenvalue weighted by molar-refractivity contribution is 5.86. The third kappa shape index (κ3) is 2.84. The third-order valence-electron chi connectivity index (χ3n) is 3.54. The van der Waals surface area contributed by atoms with E-state index in [1.165, 1.54) is 0 Å². The monoisotopic (exact) mass is 277 g/mol. The Bertz CT molecular complexity index is 477. The van der Waals surface area contributed by atoms with Gasteiger partial charge in [-0.15, -0.1) is 0 Å². The van der Waals surface area contributed by atoms with Gasteiger partial charge in [0.15, 0.2) is 0 Å². The second kappa shape index (κ2) is 6.54. The summed E-state index contributed by atoms with van der Waals surface area (Å²) < 4.78 is 0. The van der Waals surface area contributed by atoms with Crippen molar-refractivity contribution >= 4 is 17.5 Å². The summed E-state index contributed by atoms with van der Waals surface area (Å²) in [5, 5.41) is 6.17. The Hall–Kier alpha value is -1.85. The molecular weight excluding hydrogens is 254 g/mol. The average Bonchev–Trinajstić information content (AvgIpc) is 2.44. The van der Waals surface area contributed by atoms with Crippen LogP contribution in [0.25, 0.3) is 0 Å². The molecule has 0 aromatic carbocycles. The van der Waals surface area contributed by atoms with Crippen LogP contribution in [0.3, 0.4) is 0 Å². The van der Waals surface area contributed by atoms with E-state index in [1.807, 2.05) is 6.92 Å². The van der Waals surface area contributed by atoms with E-state index in [9.17, 15) is 4.79 Å². The SMILES string of the molecule is CCCc1c(NCC)ncnc1N1CCNC(=O)C1C. The molecule has 2 rings (SSSR count). The lowest BCUT2D eigenvalue weighted by Crippen LogP contribution is -2.54. The topological polar surface area (TPSA) is 70.2 Å². The van der Waals surface area contributed by atoms with Crippen molar-refractivity contribution in [2.24, 2.45) is 0 Å². The summed E-state index contributed by atoms with van der Waals surface area (Å²) in [4.78, 5) is 22.7. The number of aromatic nitrogens is 2. The van der Waals surface area contributed by atoms with Gasteiger partial charge < -0.3 is 15.5 Å². The van der Waals surface area contributed by atoms with E-state index < -0.39 is 0 Å². The van der Waals surface area contributed by atoms with Crippen molar-refractivity contribution in [3.05, 3.63) is 11.9 Å². The van der Waals surface area contributed by atoms with Gasteiger partial charge in [-0.1, -0.05) is 13.3 Å². The summed E-state index contributed by atoms with van der Waals surface area (Å²) in [5.74, 6) is 1.83. The maximum absolute atomic E-state index is 11.8. The molecule has 1 aliphatic rings. The fourth-order valence-corrected chi connectivity index (χ4v) is 2.52. The first kappa shape index (κ1) is 14.6. The number of carbonyl (C=O) groups excluding carboxylic acids is 1. The van der Waals surface area contributed by atoms with Crippen molar-refractivity contribution in [1.29, 1.82) is 0 Å². The molecule has 0 saturated carbocycles. The van der Waals surface area contributed by atoms with Crippen LogP contribution in [-0.4, -0.2) is 41.6 Å².